The van der Waals surface area contributed by atoms with Gasteiger partial charge in [-0.15, -0.1) is 0 Å². The summed E-state index contributed by atoms with van der Waals surface area (Å²) < 4.78 is 10.8. The summed E-state index contributed by atoms with van der Waals surface area (Å²) in [7, 11) is 0. The van der Waals surface area contributed by atoms with Crippen molar-refractivity contribution in [3.8, 4) is 0 Å². The Labute approximate surface area is 172 Å². The minimum absolute atomic E-state index is 0.195. The maximum atomic E-state index is 12.2. The van der Waals surface area contributed by atoms with Crippen molar-refractivity contribution in [3.63, 3.8) is 0 Å². The summed E-state index contributed by atoms with van der Waals surface area (Å²) in [5, 5.41) is 52.2. The molecule has 9 heteroatoms. The minimum atomic E-state index is -1.55. The van der Waals surface area contributed by atoms with Gasteiger partial charge < -0.3 is 40.3 Å². The second-order valence-electron chi connectivity index (χ2n) is 7.37. The van der Waals surface area contributed by atoms with Crippen molar-refractivity contribution in [3.05, 3.63) is 12.2 Å². The lowest BCUT2D eigenvalue weighted by Crippen LogP contribution is -2.60. The lowest BCUT2D eigenvalue weighted by molar-refractivity contribution is -0.302. The number of aliphatic hydroxyl groups is 5. The zero-order chi connectivity index (χ0) is 21.8. The van der Waals surface area contributed by atoms with Crippen molar-refractivity contribution < 1.29 is 39.8 Å². The Morgan fingerprint density at radius 3 is 2.48 bits per heavy atom. The largest absolute Gasteiger partial charge is 0.394 e. The molecule has 0 aromatic heterocycles. The Hall–Kier alpha value is -1.07. The van der Waals surface area contributed by atoms with Crippen LogP contribution in [-0.4, -0.2) is 87.5 Å². The van der Waals surface area contributed by atoms with Crippen LogP contribution in [0.2, 0.25) is 0 Å². The van der Waals surface area contributed by atoms with Crippen LogP contribution in [0.3, 0.4) is 0 Å². The van der Waals surface area contributed by atoms with Gasteiger partial charge in [0, 0.05) is 6.42 Å². The van der Waals surface area contributed by atoms with E-state index in [0.29, 0.717) is 6.42 Å². The zero-order valence-corrected chi connectivity index (χ0v) is 17.3. The van der Waals surface area contributed by atoms with E-state index in [1.807, 2.05) is 19.9 Å². The molecule has 1 rings (SSSR count). The van der Waals surface area contributed by atoms with E-state index in [-0.39, 0.29) is 12.5 Å². The molecule has 1 amide bonds. The van der Waals surface area contributed by atoms with Gasteiger partial charge in [0.15, 0.2) is 6.29 Å². The van der Waals surface area contributed by atoms with Crippen molar-refractivity contribution in [2.24, 2.45) is 0 Å². The van der Waals surface area contributed by atoms with Gasteiger partial charge >= 0.3 is 0 Å². The molecule has 0 aliphatic carbocycles. The van der Waals surface area contributed by atoms with Crippen molar-refractivity contribution in [2.45, 2.75) is 95.2 Å². The molecule has 9 nitrogen and oxygen atoms in total. The van der Waals surface area contributed by atoms with E-state index in [1.165, 1.54) is 0 Å². The molecule has 3 unspecified atom stereocenters. The second kappa shape index (κ2) is 14.0. The van der Waals surface area contributed by atoms with Gasteiger partial charge in [-0.3, -0.25) is 4.79 Å². The van der Waals surface area contributed by atoms with E-state index in [2.05, 4.69) is 5.32 Å². The Morgan fingerprint density at radius 2 is 1.86 bits per heavy atom. The zero-order valence-electron chi connectivity index (χ0n) is 17.3. The van der Waals surface area contributed by atoms with Crippen molar-refractivity contribution in [2.75, 3.05) is 13.2 Å². The maximum absolute atomic E-state index is 12.2. The molecule has 1 fully saturated rings. The second-order valence-corrected chi connectivity index (χ2v) is 7.37. The minimum Gasteiger partial charge on any atom is -0.394 e. The smallest absolute Gasteiger partial charge is 0.220 e. The molecule has 0 bridgehead atoms. The third-order valence-electron chi connectivity index (χ3n) is 4.84. The third-order valence-corrected chi connectivity index (χ3v) is 4.84. The fourth-order valence-corrected chi connectivity index (χ4v) is 2.98. The SMILES string of the molecule is CCC/C=C/[C@@H](O)[C@H](CO[C@@H]1OC(CO)[C@@H](O)C(O)C1O)NC(=O)CCCCC. The molecule has 0 spiro atoms. The highest BCUT2D eigenvalue weighted by Crippen LogP contribution is 2.22. The number of allylic oxidation sites excluding steroid dienone is 1. The molecule has 1 heterocycles. The summed E-state index contributed by atoms with van der Waals surface area (Å²) in [6, 6.07) is -0.787. The highest BCUT2D eigenvalue weighted by molar-refractivity contribution is 5.76. The van der Waals surface area contributed by atoms with Crippen molar-refractivity contribution in [1.82, 2.24) is 5.32 Å². The maximum Gasteiger partial charge on any atom is 0.220 e. The van der Waals surface area contributed by atoms with Crippen LogP contribution in [-0.2, 0) is 14.3 Å². The molecular weight excluding hydrogens is 382 g/mol. The Balaban J connectivity index is 2.72. The molecule has 1 aliphatic heterocycles. The van der Waals surface area contributed by atoms with E-state index in [0.717, 1.165) is 32.1 Å². The van der Waals surface area contributed by atoms with Gasteiger partial charge in [-0.05, 0) is 12.8 Å². The molecule has 7 atom stereocenters. The standard InChI is InChI=1S/C20H37NO8/c1-3-5-7-9-14(23)13(21-16(24)10-8-6-4-2)12-28-20-19(27)18(26)17(25)15(11-22)29-20/h7,9,13-15,17-20,22-23,25-27H,3-6,8,10-12H2,1-2H3,(H,21,24)/b9-7+/t13-,14+,15?,17+,18?,19?,20+/m0/s1. The predicted octanol–water partition coefficient (Wildman–Crippen LogP) is -0.415. The van der Waals surface area contributed by atoms with E-state index >= 15 is 0 Å². The van der Waals surface area contributed by atoms with Gasteiger partial charge in [-0.1, -0.05) is 45.3 Å². The number of carbonyl (C=O) groups is 1. The number of hydrogen-bond acceptors (Lipinski definition) is 8. The van der Waals surface area contributed by atoms with Gasteiger partial charge in [0.2, 0.25) is 5.91 Å². The average molecular weight is 420 g/mol. The van der Waals surface area contributed by atoms with Crippen LogP contribution in [0.5, 0.6) is 0 Å². The summed E-state index contributed by atoms with van der Waals surface area (Å²) in [6.07, 6.45) is 0.0770. The highest BCUT2D eigenvalue weighted by Gasteiger charge is 2.44. The Bertz CT molecular complexity index is 487. The van der Waals surface area contributed by atoms with Gasteiger partial charge in [0.05, 0.1) is 25.4 Å². The lowest BCUT2D eigenvalue weighted by Gasteiger charge is -2.40. The predicted molar refractivity (Wildman–Crippen MR) is 106 cm³/mol. The molecular formula is C20H37NO8. The van der Waals surface area contributed by atoms with Crippen LogP contribution in [0.25, 0.3) is 0 Å². The van der Waals surface area contributed by atoms with E-state index in [4.69, 9.17) is 9.47 Å². The van der Waals surface area contributed by atoms with E-state index < -0.39 is 49.5 Å². The quantitative estimate of drug-likeness (QED) is 0.174. The summed E-state index contributed by atoms with van der Waals surface area (Å²) in [5.74, 6) is -0.219. The summed E-state index contributed by atoms with van der Waals surface area (Å²) in [4.78, 5) is 12.2. The first-order valence-corrected chi connectivity index (χ1v) is 10.4. The first-order valence-electron chi connectivity index (χ1n) is 10.4. The number of unbranched alkanes of at least 4 members (excludes halogenated alkanes) is 3. The lowest BCUT2D eigenvalue weighted by atomic mass is 9.99. The monoisotopic (exact) mass is 419 g/mol. The topological polar surface area (TPSA) is 149 Å². The molecule has 29 heavy (non-hydrogen) atoms. The molecule has 1 saturated heterocycles. The van der Waals surface area contributed by atoms with Gasteiger partial charge in [0.1, 0.15) is 24.4 Å². The van der Waals surface area contributed by atoms with Crippen LogP contribution >= 0.6 is 0 Å². The normalized spacial score (nSPS) is 29.7. The van der Waals surface area contributed by atoms with E-state index in [9.17, 15) is 30.3 Å². The van der Waals surface area contributed by atoms with Gasteiger partial charge in [-0.2, -0.15) is 0 Å². The molecule has 0 saturated carbocycles. The molecule has 0 radical (unpaired) electrons. The fourth-order valence-electron chi connectivity index (χ4n) is 2.98. The number of aliphatic hydroxyl groups excluding tert-OH is 5. The number of rotatable bonds is 13. The summed E-state index contributed by atoms with van der Waals surface area (Å²) in [5.41, 5.74) is 0. The number of hydrogen-bond donors (Lipinski definition) is 6. The summed E-state index contributed by atoms with van der Waals surface area (Å²) in [6.45, 7) is 3.29. The van der Waals surface area contributed by atoms with Crippen LogP contribution in [0, 0.1) is 0 Å². The van der Waals surface area contributed by atoms with Gasteiger partial charge in [0.25, 0.3) is 0 Å². The first kappa shape index (κ1) is 26.0. The third kappa shape index (κ3) is 8.67. The van der Waals surface area contributed by atoms with Crippen LogP contribution in [0.15, 0.2) is 12.2 Å². The Morgan fingerprint density at radius 1 is 1.14 bits per heavy atom. The average Bonchev–Trinajstić information content (AvgIpc) is 2.70. The number of nitrogens with one attached hydrogen (secondary N) is 1. The number of carbonyl (C=O) groups excluding carboxylic acids is 1. The fraction of sp³-hybridized carbons (Fsp3) is 0.850. The van der Waals surface area contributed by atoms with Crippen LogP contribution < -0.4 is 5.32 Å². The molecule has 170 valence electrons. The molecule has 0 aromatic rings. The van der Waals surface area contributed by atoms with Crippen molar-refractivity contribution in [1.29, 1.82) is 0 Å². The van der Waals surface area contributed by atoms with Crippen LogP contribution in [0.1, 0.15) is 52.4 Å². The van der Waals surface area contributed by atoms with Gasteiger partial charge in [-0.25, -0.2) is 0 Å². The number of ether oxygens (including phenoxy) is 2. The van der Waals surface area contributed by atoms with Crippen molar-refractivity contribution >= 4 is 5.91 Å². The Kier molecular flexibility index (Phi) is 12.6. The van der Waals surface area contributed by atoms with E-state index in [1.54, 1.807) is 6.08 Å². The number of amides is 1. The highest BCUT2D eigenvalue weighted by atomic mass is 16.7. The van der Waals surface area contributed by atoms with Crippen LogP contribution in [0.4, 0.5) is 0 Å². The molecule has 6 N–H and O–H groups in total. The first-order chi connectivity index (χ1) is 13.8. The molecule has 1 aliphatic rings. The molecule has 0 aromatic carbocycles. The summed E-state index contributed by atoms with van der Waals surface area (Å²) >= 11 is 0.